The van der Waals surface area contributed by atoms with Crippen LogP contribution in [0.5, 0.6) is 0 Å². The second-order valence-electron chi connectivity index (χ2n) is 5.33. The number of rotatable bonds is 8. The maximum atomic E-state index is 11.8. The van der Waals surface area contributed by atoms with Gasteiger partial charge in [0.2, 0.25) is 5.91 Å². The molecule has 5 nitrogen and oxygen atoms in total. The van der Waals surface area contributed by atoms with E-state index < -0.39 is 0 Å². The first-order valence-electron chi connectivity index (χ1n) is 7.15. The highest BCUT2D eigenvalue weighted by molar-refractivity contribution is 5.76. The molecule has 1 heterocycles. The smallest absolute Gasteiger partial charge is 0.223 e. The van der Waals surface area contributed by atoms with Crippen LogP contribution < -0.4 is 0 Å². The van der Waals surface area contributed by atoms with Gasteiger partial charge in [-0.05, 0) is 33.0 Å². The first-order valence-corrected chi connectivity index (χ1v) is 7.15. The molecule has 1 rings (SSSR count). The third-order valence-corrected chi connectivity index (χ3v) is 3.69. The van der Waals surface area contributed by atoms with Gasteiger partial charge in [0.15, 0.2) is 0 Å². The lowest BCUT2D eigenvalue weighted by molar-refractivity contribution is -0.130. The Balaban J connectivity index is 2.09. The van der Waals surface area contributed by atoms with Crippen LogP contribution in [0.15, 0.2) is 0 Å². The number of nitriles is 1. The van der Waals surface area contributed by atoms with Gasteiger partial charge in [0.25, 0.3) is 0 Å². The lowest BCUT2D eigenvalue weighted by Crippen LogP contribution is -2.35. The summed E-state index contributed by atoms with van der Waals surface area (Å²) in [5.41, 5.74) is 0. The minimum Gasteiger partial charge on any atom is -0.345 e. The molecule has 0 radical (unpaired) electrons. The maximum absolute atomic E-state index is 11.8. The number of likely N-dealkylation sites (N-methyl/N-ethyl adjacent to an activating group) is 1. The van der Waals surface area contributed by atoms with Crippen LogP contribution >= 0.6 is 0 Å². The summed E-state index contributed by atoms with van der Waals surface area (Å²) in [7, 11) is 3.84. The third kappa shape index (κ3) is 6.55. The average molecular weight is 266 g/mol. The van der Waals surface area contributed by atoms with Gasteiger partial charge in [-0.1, -0.05) is 0 Å². The Morgan fingerprint density at radius 1 is 1.21 bits per heavy atom. The lowest BCUT2D eigenvalue weighted by Gasteiger charge is -2.22. The highest BCUT2D eigenvalue weighted by Gasteiger charge is 2.13. The molecular formula is C14H26N4O. The zero-order chi connectivity index (χ0) is 14.1. The molecule has 0 aromatic carbocycles. The van der Waals surface area contributed by atoms with Crippen molar-refractivity contribution >= 4 is 5.91 Å². The van der Waals surface area contributed by atoms with E-state index in [0.29, 0.717) is 19.4 Å². The van der Waals surface area contributed by atoms with E-state index in [4.69, 9.17) is 5.26 Å². The van der Waals surface area contributed by atoms with Crippen LogP contribution in [0.3, 0.4) is 0 Å². The molecule has 1 aliphatic rings. The molecule has 0 saturated carbocycles. The van der Waals surface area contributed by atoms with Gasteiger partial charge in [0.1, 0.15) is 0 Å². The van der Waals surface area contributed by atoms with E-state index in [0.717, 1.165) is 19.6 Å². The van der Waals surface area contributed by atoms with E-state index >= 15 is 0 Å². The van der Waals surface area contributed by atoms with Crippen molar-refractivity contribution in [2.45, 2.75) is 25.7 Å². The molecular weight excluding hydrogens is 240 g/mol. The van der Waals surface area contributed by atoms with E-state index in [-0.39, 0.29) is 5.91 Å². The molecule has 1 aliphatic heterocycles. The Labute approximate surface area is 116 Å². The SMILES string of the molecule is CN(CCC(=O)N(C)CCC#N)CCN1CCCC1. The molecule has 0 atom stereocenters. The zero-order valence-corrected chi connectivity index (χ0v) is 12.3. The molecule has 1 fully saturated rings. The minimum absolute atomic E-state index is 0.128. The molecule has 1 saturated heterocycles. The topological polar surface area (TPSA) is 50.6 Å². The van der Waals surface area contributed by atoms with Crippen molar-refractivity contribution in [3.63, 3.8) is 0 Å². The summed E-state index contributed by atoms with van der Waals surface area (Å²) in [5, 5.41) is 8.49. The van der Waals surface area contributed by atoms with Crippen LogP contribution in [0, 0.1) is 11.3 Å². The standard InChI is InChI=1S/C14H26N4O/c1-16(12-13-18-9-3-4-10-18)11-6-14(19)17(2)8-5-7-15/h3-6,8-13H2,1-2H3. The Kier molecular flexibility index (Phi) is 7.46. The van der Waals surface area contributed by atoms with E-state index in [1.807, 2.05) is 0 Å². The largest absolute Gasteiger partial charge is 0.345 e. The predicted molar refractivity (Wildman–Crippen MR) is 75.7 cm³/mol. The Morgan fingerprint density at radius 2 is 1.89 bits per heavy atom. The van der Waals surface area contributed by atoms with Gasteiger partial charge >= 0.3 is 0 Å². The molecule has 0 aromatic rings. The van der Waals surface area contributed by atoms with Gasteiger partial charge in [0.05, 0.1) is 12.5 Å². The van der Waals surface area contributed by atoms with Gasteiger partial charge in [0, 0.05) is 39.6 Å². The first-order chi connectivity index (χ1) is 9.13. The molecule has 0 unspecified atom stereocenters. The number of hydrogen-bond acceptors (Lipinski definition) is 4. The average Bonchev–Trinajstić information content (AvgIpc) is 2.92. The third-order valence-electron chi connectivity index (χ3n) is 3.69. The minimum atomic E-state index is 0.128. The van der Waals surface area contributed by atoms with Gasteiger partial charge in [-0.2, -0.15) is 5.26 Å². The molecule has 0 aliphatic carbocycles. The van der Waals surface area contributed by atoms with Crippen molar-refractivity contribution < 1.29 is 4.79 Å². The number of carbonyl (C=O) groups excluding carboxylic acids is 1. The number of likely N-dealkylation sites (tertiary alicyclic amines) is 1. The van der Waals surface area contributed by atoms with Crippen molar-refractivity contribution in [1.82, 2.24) is 14.7 Å². The Hall–Kier alpha value is -1.12. The van der Waals surface area contributed by atoms with Crippen molar-refractivity contribution in [2.24, 2.45) is 0 Å². The molecule has 0 spiro atoms. The van der Waals surface area contributed by atoms with E-state index in [1.165, 1.54) is 25.9 Å². The van der Waals surface area contributed by atoms with E-state index in [9.17, 15) is 4.79 Å². The summed E-state index contributed by atoms with van der Waals surface area (Å²) in [5.74, 6) is 0.128. The maximum Gasteiger partial charge on any atom is 0.223 e. The molecule has 0 aromatic heterocycles. The summed E-state index contributed by atoms with van der Waals surface area (Å²) >= 11 is 0. The number of amides is 1. The summed E-state index contributed by atoms with van der Waals surface area (Å²) in [6.07, 6.45) is 3.60. The number of nitrogens with zero attached hydrogens (tertiary/aromatic N) is 4. The molecule has 0 N–H and O–H groups in total. The molecule has 1 amide bonds. The van der Waals surface area contributed by atoms with Gasteiger partial charge in [-0.15, -0.1) is 0 Å². The van der Waals surface area contributed by atoms with Crippen LogP contribution in [-0.2, 0) is 4.79 Å². The zero-order valence-electron chi connectivity index (χ0n) is 12.3. The monoisotopic (exact) mass is 266 g/mol. The van der Waals surface area contributed by atoms with E-state index in [2.05, 4.69) is 22.9 Å². The summed E-state index contributed by atoms with van der Waals surface area (Å²) in [6.45, 7) is 5.91. The van der Waals surface area contributed by atoms with E-state index in [1.54, 1.807) is 11.9 Å². The second-order valence-corrected chi connectivity index (χ2v) is 5.33. The van der Waals surface area contributed by atoms with Crippen LogP contribution in [0.1, 0.15) is 25.7 Å². The van der Waals surface area contributed by atoms with Crippen molar-refractivity contribution in [3.8, 4) is 6.07 Å². The molecule has 108 valence electrons. The fourth-order valence-electron chi connectivity index (χ4n) is 2.25. The Bertz CT molecular complexity index is 307. The van der Waals surface area contributed by atoms with Crippen LogP contribution in [0.2, 0.25) is 0 Å². The summed E-state index contributed by atoms with van der Waals surface area (Å²) in [4.78, 5) is 18.1. The predicted octanol–water partition coefficient (Wildman–Crippen LogP) is 0.776. The summed E-state index contributed by atoms with van der Waals surface area (Å²) < 4.78 is 0. The fourth-order valence-corrected chi connectivity index (χ4v) is 2.25. The quantitative estimate of drug-likeness (QED) is 0.651. The van der Waals surface area contributed by atoms with Gasteiger partial charge in [-0.3, -0.25) is 4.79 Å². The van der Waals surface area contributed by atoms with Crippen molar-refractivity contribution in [3.05, 3.63) is 0 Å². The number of carbonyl (C=O) groups is 1. The van der Waals surface area contributed by atoms with Gasteiger partial charge < -0.3 is 14.7 Å². The number of hydrogen-bond donors (Lipinski definition) is 0. The molecule has 0 bridgehead atoms. The highest BCUT2D eigenvalue weighted by atomic mass is 16.2. The van der Waals surface area contributed by atoms with Crippen LogP contribution in [0.25, 0.3) is 0 Å². The van der Waals surface area contributed by atoms with Crippen LogP contribution in [0.4, 0.5) is 0 Å². The van der Waals surface area contributed by atoms with Crippen molar-refractivity contribution in [1.29, 1.82) is 5.26 Å². The second kappa shape index (κ2) is 8.89. The fraction of sp³-hybridized carbons (Fsp3) is 0.857. The molecule has 19 heavy (non-hydrogen) atoms. The normalized spacial score (nSPS) is 15.7. The first kappa shape index (κ1) is 15.9. The Morgan fingerprint density at radius 3 is 2.53 bits per heavy atom. The molecule has 5 heteroatoms. The summed E-state index contributed by atoms with van der Waals surface area (Å²) in [6, 6.07) is 2.06. The lowest BCUT2D eigenvalue weighted by atomic mass is 10.3. The van der Waals surface area contributed by atoms with Crippen LogP contribution in [-0.4, -0.2) is 74.0 Å². The van der Waals surface area contributed by atoms with Crippen molar-refractivity contribution in [2.75, 3.05) is 53.4 Å². The highest BCUT2D eigenvalue weighted by Crippen LogP contribution is 2.06. The van der Waals surface area contributed by atoms with Gasteiger partial charge in [-0.25, -0.2) is 0 Å².